The topological polar surface area (TPSA) is 113 Å². The summed E-state index contributed by atoms with van der Waals surface area (Å²) in [5.74, 6) is 0.344. The summed E-state index contributed by atoms with van der Waals surface area (Å²) in [6, 6.07) is 11.2. The van der Waals surface area contributed by atoms with Crippen LogP contribution in [0, 0.1) is 20.2 Å². The molecule has 0 saturated carbocycles. The number of benzene rings is 2. The molecule has 1 unspecified atom stereocenters. The maximum absolute atomic E-state index is 13.4. The van der Waals surface area contributed by atoms with Crippen LogP contribution >= 0.6 is 7.14 Å². The Morgan fingerprint density at radius 2 is 1.60 bits per heavy atom. The Hall–Kier alpha value is -2.73. The number of hydrogen-bond acceptors (Lipinski definition) is 6. The van der Waals surface area contributed by atoms with Gasteiger partial charge in [-0.1, -0.05) is 26.0 Å². The van der Waals surface area contributed by atoms with Crippen molar-refractivity contribution in [2.24, 2.45) is 0 Å². The van der Waals surface area contributed by atoms with E-state index in [1.807, 2.05) is 0 Å². The van der Waals surface area contributed by atoms with Gasteiger partial charge >= 0.3 is 0 Å². The highest BCUT2D eigenvalue weighted by molar-refractivity contribution is 7.72. The fourth-order valence-corrected chi connectivity index (χ4v) is 4.27. The summed E-state index contributed by atoms with van der Waals surface area (Å²) in [5, 5.41) is 22.0. The van der Waals surface area contributed by atoms with Crippen molar-refractivity contribution in [2.45, 2.75) is 19.5 Å². The molecule has 0 amide bonds. The second-order valence-corrected chi connectivity index (χ2v) is 9.09. The van der Waals surface area contributed by atoms with E-state index in [0.717, 1.165) is 0 Å². The molecule has 0 aromatic heterocycles. The van der Waals surface area contributed by atoms with E-state index in [0.29, 0.717) is 11.1 Å². The standard InChI is InChI=1S/C16H17N2O6P/c1-12(2)25(23,16-5-3-4-14(10-16)18(21)22)11-24-15-8-6-13(7-9-15)17(19)20/h3-10,12H,11H2,1-2H3. The lowest BCUT2D eigenvalue weighted by atomic mass is 10.3. The van der Waals surface area contributed by atoms with Gasteiger partial charge in [0.05, 0.1) is 9.85 Å². The number of non-ortho nitro benzene ring substituents is 2. The van der Waals surface area contributed by atoms with Gasteiger partial charge in [0.1, 0.15) is 12.1 Å². The van der Waals surface area contributed by atoms with Gasteiger partial charge < -0.3 is 9.30 Å². The molecule has 2 rings (SSSR count). The number of nitro benzene ring substituents is 2. The molecule has 132 valence electrons. The zero-order valence-corrected chi connectivity index (χ0v) is 14.6. The Morgan fingerprint density at radius 1 is 1.00 bits per heavy atom. The highest BCUT2D eigenvalue weighted by Gasteiger charge is 2.31. The molecule has 0 saturated heterocycles. The van der Waals surface area contributed by atoms with Crippen molar-refractivity contribution < 1.29 is 19.1 Å². The Morgan fingerprint density at radius 3 is 2.12 bits per heavy atom. The summed E-state index contributed by atoms with van der Waals surface area (Å²) in [4.78, 5) is 20.5. The molecular weight excluding hydrogens is 347 g/mol. The van der Waals surface area contributed by atoms with Crippen LogP contribution in [0.5, 0.6) is 5.75 Å². The summed E-state index contributed by atoms with van der Waals surface area (Å²) in [6.07, 6.45) is -0.149. The van der Waals surface area contributed by atoms with Crippen molar-refractivity contribution in [3.8, 4) is 5.75 Å². The van der Waals surface area contributed by atoms with Crippen LogP contribution in [0.2, 0.25) is 0 Å². The second kappa shape index (κ2) is 7.44. The van der Waals surface area contributed by atoms with Crippen LogP contribution in [0.25, 0.3) is 0 Å². The normalized spacial score (nSPS) is 13.2. The minimum absolute atomic E-state index is 0.0712. The van der Waals surface area contributed by atoms with Crippen LogP contribution in [0.15, 0.2) is 48.5 Å². The lowest BCUT2D eigenvalue weighted by Gasteiger charge is -2.22. The third-order valence-electron chi connectivity index (χ3n) is 3.78. The monoisotopic (exact) mass is 364 g/mol. The molecule has 9 heteroatoms. The van der Waals surface area contributed by atoms with Crippen LogP contribution in [0.4, 0.5) is 11.4 Å². The third kappa shape index (κ3) is 4.22. The quantitative estimate of drug-likeness (QED) is 0.418. The molecule has 0 heterocycles. The van der Waals surface area contributed by atoms with Crippen LogP contribution in [-0.4, -0.2) is 21.9 Å². The Bertz CT molecular complexity index is 835. The van der Waals surface area contributed by atoms with Crippen LogP contribution in [-0.2, 0) is 4.57 Å². The lowest BCUT2D eigenvalue weighted by Crippen LogP contribution is -2.18. The van der Waals surface area contributed by atoms with Gasteiger partial charge in [0, 0.05) is 35.2 Å². The van der Waals surface area contributed by atoms with Gasteiger partial charge in [-0.3, -0.25) is 20.2 Å². The minimum Gasteiger partial charge on any atom is -0.486 e. The summed E-state index contributed by atoms with van der Waals surface area (Å²) < 4.78 is 18.9. The first kappa shape index (κ1) is 18.6. The summed E-state index contributed by atoms with van der Waals surface area (Å²) in [6.45, 7) is 3.53. The predicted molar refractivity (Wildman–Crippen MR) is 94.1 cm³/mol. The van der Waals surface area contributed by atoms with Gasteiger partial charge in [-0.15, -0.1) is 0 Å². The van der Waals surface area contributed by atoms with E-state index in [9.17, 15) is 24.8 Å². The second-order valence-electron chi connectivity index (χ2n) is 5.69. The Kier molecular flexibility index (Phi) is 5.54. The average molecular weight is 364 g/mol. The lowest BCUT2D eigenvalue weighted by molar-refractivity contribution is -0.385. The first-order chi connectivity index (χ1) is 11.7. The van der Waals surface area contributed by atoms with Crippen molar-refractivity contribution in [2.75, 3.05) is 6.35 Å². The van der Waals surface area contributed by atoms with E-state index in [-0.39, 0.29) is 23.4 Å². The predicted octanol–water partition coefficient (Wildman–Crippen LogP) is 3.94. The molecule has 1 atom stereocenters. The molecule has 0 fully saturated rings. The van der Waals surface area contributed by atoms with E-state index in [2.05, 4.69) is 0 Å². The first-order valence-corrected chi connectivity index (χ1v) is 9.41. The first-order valence-electron chi connectivity index (χ1n) is 7.45. The van der Waals surface area contributed by atoms with E-state index in [1.54, 1.807) is 19.9 Å². The molecule has 0 N–H and O–H groups in total. The fourth-order valence-electron chi connectivity index (χ4n) is 2.20. The molecule has 0 aliphatic rings. The third-order valence-corrected chi connectivity index (χ3v) is 7.12. The van der Waals surface area contributed by atoms with Gasteiger partial charge in [0.15, 0.2) is 7.14 Å². The Balaban J connectivity index is 2.25. The van der Waals surface area contributed by atoms with E-state index >= 15 is 0 Å². The van der Waals surface area contributed by atoms with Gasteiger partial charge in [-0.25, -0.2) is 0 Å². The van der Waals surface area contributed by atoms with Gasteiger partial charge in [0.25, 0.3) is 11.4 Å². The molecule has 0 aliphatic heterocycles. The zero-order valence-electron chi connectivity index (χ0n) is 13.7. The van der Waals surface area contributed by atoms with Crippen LogP contribution in [0.1, 0.15) is 13.8 Å². The molecule has 2 aromatic rings. The SMILES string of the molecule is CC(C)P(=O)(COc1ccc([N+](=O)[O-])cc1)c1cccc([N+](=O)[O-])c1. The minimum atomic E-state index is -3.07. The smallest absolute Gasteiger partial charge is 0.270 e. The van der Waals surface area contributed by atoms with E-state index in [4.69, 9.17) is 4.74 Å². The summed E-state index contributed by atoms with van der Waals surface area (Å²) in [5.41, 5.74) is -0.487. The van der Waals surface area contributed by atoms with Gasteiger partial charge in [0.2, 0.25) is 0 Å². The maximum atomic E-state index is 13.4. The Labute approximate surface area is 144 Å². The molecule has 0 aliphatic carbocycles. The molecular formula is C16H17N2O6P. The highest BCUT2D eigenvalue weighted by atomic mass is 31.2. The number of nitro groups is 2. The van der Waals surface area contributed by atoms with Gasteiger partial charge in [-0.2, -0.15) is 0 Å². The number of rotatable bonds is 7. The molecule has 8 nitrogen and oxygen atoms in total. The summed E-state index contributed by atoms with van der Waals surface area (Å²) >= 11 is 0. The average Bonchev–Trinajstić information content (AvgIpc) is 2.59. The largest absolute Gasteiger partial charge is 0.486 e. The number of hydrogen-bond donors (Lipinski definition) is 0. The van der Waals surface area contributed by atoms with Gasteiger partial charge in [-0.05, 0) is 12.1 Å². The molecule has 0 radical (unpaired) electrons. The van der Waals surface area contributed by atoms with Crippen LogP contribution in [0.3, 0.4) is 0 Å². The van der Waals surface area contributed by atoms with E-state index < -0.39 is 17.0 Å². The van der Waals surface area contributed by atoms with Crippen molar-refractivity contribution in [1.29, 1.82) is 0 Å². The maximum Gasteiger partial charge on any atom is 0.270 e. The molecule has 25 heavy (non-hydrogen) atoms. The molecule has 2 aromatic carbocycles. The fraction of sp³-hybridized carbons (Fsp3) is 0.250. The number of nitrogens with zero attached hydrogens (tertiary/aromatic N) is 2. The van der Waals surface area contributed by atoms with Crippen molar-refractivity contribution >= 4 is 23.8 Å². The van der Waals surface area contributed by atoms with Crippen molar-refractivity contribution in [1.82, 2.24) is 0 Å². The number of ether oxygens (including phenoxy) is 1. The zero-order chi connectivity index (χ0) is 18.6. The van der Waals surface area contributed by atoms with Crippen LogP contribution < -0.4 is 10.0 Å². The summed E-state index contributed by atoms with van der Waals surface area (Å²) in [7, 11) is -3.07. The van der Waals surface area contributed by atoms with Crippen molar-refractivity contribution in [3.05, 3.63) is 68.8 Å². The highest BCUT2D eigenvalue weighted by Crippen LogP contribution is 2.49. The molecule has 0 spiro atoms. The molecule has 0 bridgehead atoms. The van der Waals surface area contributed by atoms with Crippen molar-refractivity contribution in [3.63, 3.8) is 0 Å². The van der Waals surface area contributed by atoms with E-state index in [1.165, 1.54) is 42.5 Å².